The Labute approximate surface area is 94.4 Å². The first-order chi connectivity index (χ1) is 7.68. The van der Waals surface area contributed by atoms with Crippen LogP contribution in [-0.2, 0) is 10.2 Å². The monoisotopic (exact) mass is 220 g/mol. The molecule has 1 heterocycles. The predicted octanol–water partition coefficient (Wildman–Crippen LogP) is 2.17. The highest BCUT2D eigenvalue weighted by molar-refractivity contribution is 5.60. The molecule has 16 heavy (non-hydrogen) atoms. The van der Waals surface area contributed by atoms with E-state index in [4.69, 9.17) is 4.52 Å². The zero-order valence-corrected chi connectivity index (χ0v) is 9.53. The van der Waals surface area contributed by atoms with Crippen LogP contribution >= 0.6 is 0 Å². The van der Waals surface area contributed by atoms with E-state index in [0.717, 1.165) is 44.3 Å². The summed E-state index contributed by atoms with van der Waals surface area (Å²) in [6.07, 6.45) is 7.25. The molecule has 0 saturated heterocycles. The zero-order chi connectivity index (χ0) is 11.2. The fraction of sp³-hybridized carbons (Fsp3) is 0.750. The summed E-state index contributed by atoms with van der Waals surface area (Å²) < 4.78 is 5.08. The molecule has 0 radical (unpaired) electrons. The van der Waals surface area contributed by atoms with E-state index in [-0.39, 0.29) is 10.8 Å². The Bertz CT molecular complexity index is 400. The molecule has 86 valence electrons. The molecular weight excluding hydrogens is 204 g/mol. The van der Waals surface area contributed by atoms with Crippen molar-refractivity contribution in [2.45, 2.75) is 50.9 Å². The van der Waals surface area contributed by atoms with Gasteiger partial charge < -0.3 is 9.32 Å². The van der Waals surface area contributed by atoms with Crippen molar-refractivity contribution in [1.82, 2.24) is 10.1 Å². The van der Waals surface area contributed by atoms with Crippen LogP contribution in [0.5, 0.6) is 0 Å². The average Bonchev–Trinajstić information content (AvgIpc) is 2.79. The third-order valence-corrected chi connectivity index (χ3v) is 4.56. The van der Waals surface area contributed by atoms with Crippen molar-refractivity contribution in [2.75, 3.05) is 0 Å². The normalized spacial score (nSPS) is 37.6. The van der Waals surface area contributed by atoms with Crippen LogP contribution < -0.4 is 0 Å². The fourth-order valence-electron chi connectivity index (χ4n) is 3.24. The summed E-state index contributed by atoms with van der Waals surface area (Å²) in [5.74, 6) is 1.51. The summed E-state index contributed by atoms with van der Waals surface area (Å²) >= 11 is 0. The van der Waals surface area contributed by atoms with Gasteiger partial charge in [0.25, 0.3) is 0 Å². The number of hydrogen-bond donors (Lipinski definition) is 0. The maximum absolute atomic E-state index is 11.1. The van der Waals surface area contributed by atoms with E-state index in [0.29, 0.717) is 5.89 Å². The predicted molar refractivity (Wildman–Crippen MR) is 56.9 cm³/mol. The van der Waals surface area contributed by atoms with Crippen molar-refractivity contribution in [3.8, 4) is 0 Å². The van der Waals surface area contributed by atoms with Crippen molar-refractivity contribution in [1.29, 1.82) is 0 Å². The molecule has 3 aliphatic rings. The van der Waals surface area contributed by atoms with E-state index in [2.05, 4.69) is 10.1 Å². The van der Waals surface area contributed by atoms with Gasteiger partial charge in [0.15, 0.2) is 5.82 Å². The lowest BCUT2D eigenvalue weighted by Crippen LogP contribution is -2.45. The van der Waals surface area contributed by atoms with Crippen LogP contribution in [0.3, 0.4) is 0 Å². The zero-order valence-electron chi connectivity index (χ0n) is 9.53. The largest absolute Gasteiger partial charge is 0.340 e. The smallest absolute Gasteiger partial charge is 0.223 e. The first kappa shape index (κ1) is 10.00. The van der Waals surface area contributed by atoms with E-state index in [9.17, 15) is 4.79 Å². The molecule has 1 aromatic rings. The van der Waals surface area contributed by atoms with Crippen LogP contribution in [0.4, 0.5) is 0 Å². The van der Waals surface area contributed by atoms with Crippen LogP contribution in [0.1, 0.15) is 50.2 Å². The average molecular weight is 220 g/mol. The molecule has 3 aliphatic carbocycles. The summed E-state index contributed by atoms with van der Waals surface area (Å²) in [4.78, 5) is 15.5. The number of nitrogens with zero attached hydrogens (tertiary/aromatic N) is 2. The second kappa shape index (κ2) is 3.15. The molecule has 0 atom stereocenters. The standard InChI is InChI=1S/C12H16N2O2/c1-9-13-10(14-16-9)12-5-2-11(8-15,3-6-12)4-7-12/h8H,2-7H2,1H3. The van der Waals surface area contributed by atoms with Crippen molar-refractivity contribution in [3.63, 3.8) is 0 Å². The van der Waals surface area contributed by atoms with Gasteiger partial charge in [-0.05, 0) is 38.5 Å². The van der Waals surface area contributed by atoms with Gasteiger partial charge in [-0.15, -0.1) is 0 Å². The van der Waals surface area contributed by atoms with Gasteiger partial charge in [-0.25, -0.2) is 0 Å². The minimum Gasteiger partial charge on any atom is -0.340 e. The lowest BCUT2D eigenvalue weighted by molar-refractivity contribution is -0.122. The maximum Gasteiger partial charge on any atom is 0.223 e. The highest BCUT2D eigenvalue weighted by atomic mass is 16.5. The van der Waals surface area contributed by atoms with Crippen LogP contribution in [0.25, 0.3) is 0 Å². The summed E-state index contributed by atoms with van der Waals surface area (Å²) in [5.41, 5.74) is 0.0725. The minimum absolute atomic E-state index is 0.0273. The summed E-state index contributed by atoms with van der Waals surface area (Å²) in [7, 11) is 0. The maximum atomic E-state index is 11.1. The van der Waals surface area contributed by atoms with Crippen LogP contribution in [-0.4, -0.2) is 16.4 Å². The SMILES string of the molecule is Cc1nc(C23CCC(C=O)(CC2)CC3)no1. The fourth-order valence-corrected chi connectivity index (χ4v) is 3.24. The Morgan fingerprint density at radius 3 is 2.25 bits per heavy atom. The molecule has 0 unspecified atom stereocenters. The molecule has 4 nitrogen and oxygen atoms in total. The first-order valence-electron chi connectivity index (χ1n) is 5.95. The van der Waals surface area contributed by atoms with Gasteiger partial charge in [0.1, 0.15) is 6.29 Å². The highest BCUT2D eigenvalue weighted by Gasteiger charge is 2.51. The molecule has 0 amide bonds. The molecule has 4 heteroatoms. The van der Waals surface area contributed by atoms with E-state index < -0.39 is 0 Å². The van der Waals surface area contributed by atoms with Gasteiger partial charge in [-0.2, -0.15) is 4.98 Å². The van der Waals surface area contributed by atoms with Crippen molar-refractivity contribution in [3.05, 3.63) is 11.7 Å². The Balaban J connectivity index is 1.90. The van der Waals surface area contributed by atoms with Crippen molar-refractivity contribution in [2.24, 2.45) is 5.41 Å². The van der Waals surface area contributed by atoms with Crippen LogP contribution in [0.15, 0.2) is 4.52 Å². The van der Waals surface area contributed by atoms with Crippen molar-refractivity contribution >= 4 is 6.29 Å². The number of aromatic nitrogens is 2. The van der Waals surface area contributed by atoms with Gasteiger partial charge in [0.2, 0.25) is 5.89 Å². The van der Waals surface area contributed by atoms with E-state index in [1.54, 1.807) is 0 Å². The Hall–Kier alpha value is -1.19. The molecular formula is C12H16N2O2. The summed E-state index contributed by atoms with van der Waals surface area (Å²) in [5, 5.41) is 4.08. The van der Waals surface area contributed by atoms with Gasteiger partial charge in [0.05, 0.1) is 0 Å². The van der Waals surface area contributed by atoms with Crippen LogP contribution in [0.2, 0.25) is 0 Å². The third kappa shape index (κ3) is 1.25. The molecule has 1 aromatic heterocycles. The first-order valence-corrected chi connectivity index (χ1v) is 5.95. The van der Waals surface area contributed by atoms with Gasteiger partial charge in [0, 0.05) is 17.8 Å². The van der Waals surface area contributed by atoms with E-state index >= 15 is 0 Å². The number of rotatable bonds is 2. The number of aldehydes is 1. The molecule has 0 N–H and O–H groups in total. The Morgan fingerprint density at radius 2 is 1.81 bits per heavy atom. The number of hydrogen-bond acceptors (Lipinski definition) is 4. The molecule has 3 saturated carbocycles. The number of carbonyl (C=O) groups is 1. The topological polar surface area (TPSA) is 56.0 Å². The van der Waals surface area contributed by atoms with E-state index in [1.807, 2.05) is 6.92 Å². The minimum atomic E-state index is -0.0273. The summed E-state index contributed by atoms with van der Waals surface area (Å²) in [6, 6.07) is 0. The quantitative estimate of drug-likeness (QED) is 0.717. The highest BCUT2D eigenvalue weighted by Crippen LogP contribution is 2.56. The number of aryl methyl sites for hydroxylation is 1. The second-order valence-electron chi connectivity index (χ2n) is 5.40. The van der Waals surface area contributed by atoms with Crippen LogP contribution in [0, 0.1) is 12.3 Å². The molecule has 0 aromatic carbocycles. The molecule has 0 aliphatic heterocycles. The molecule has 0 spiro atoms. The number of fused-ring (bicyclic) bond motifs is 3. The Kier molecular flexibility index (Phi) is 1.97. The third-order valence-electron chi connectivity index (χ3n) is 4.56. The Morgan fingerprint density at radius 1 is 1.19 bits per heavy atom. The van der Waals surface area contributed by atoms with E-state index in [1.165, 1.54) is 6.29 Å². The van der Waals surface area contributed by atoms with Gasteiger partial charge >= 0.3 is 0 Å². The molecule has 3 fully saturated rings. The van der Waals surface area contributed by atoms with Crippen molar-refractivity contribution < 1.29 is 9.32 Å². The lowest BCUT2D eigenvalue weighted by atomic mass is 9.54. The molecule has 4 rings (SSSR count). The van der Waals surface area contributed by atoms with Gasteiger partial charge in [-0.3, -0.25) is 0 Å². The summed E-state index contributed by atoms with van der Waals surface area (Å²) in [6.45, 7) is 1.83. The van der Waals surface area contributed by atoms with Gasteiger partial charge in [-0.1, -0.05) is 5.16 Å². The molecule has 2 bridgehead atoms. The number of carbonyl (C=O) groups excluding carboxylic acids is 1. The lowest BCUT2D eigenvalue weighted by Gasteiger charge is -2.49. The second-order valence-corrected chi connectivity index (χ2v) is 5.40.